The van der Waals surface area contributed by atoms with E-state index in [0.717, 1.165) is 35.8 Å². The Morgan fingerprint density at radius 1 is 1.08 bits per heavy atom. The van der Waals surface area contributed by atoms with Gasteiger partial charge in [-0.15, -0.1) is 0 Å². The van der Waals surface area contributed by atoms with E-state index in [1.807, 2.05) is 43.8 Å². The molecule has 0 aliphatic carbocycles. The minimum Gasteiger partial charge on any atom is -0.346 e. The van der Waals surface area contributed by atoms with Crippen molar-refractivity contribution in [2.45, 2.75) is 13.5 Å². The largest absolute Gasteiger partial charge is 0.346 e. The van der Waals surface area contributed by atoms with E-state index in [1.165, 1.54) is 11.6 Å². The second-order valence-electron chi connectivity index (χ2n) is 6.42. The average Bonchev–Trinajstić information content (AvgIpc) is 2.93. The van der Waals surface area contributed by atoms with Crippen LogP contribution >= 0.6 is 0 Å². The fraction of sp³-hybridized carbons (Fsp3) is 0.200. The van der Waals surface area contributed by atoms with E-state index in [-0.39, 0.29) is 5.82 Å². The summed E-state index contributed by atoms with van der Waals surface area (Å²) in [6.45, 7) is 3.37. The molecule has 5 heteroatoms. The van der Waals surface area contributed by atoms with Crippen LogP contribution in [0.3, 0.4) is 0 Å². The van der Waals surface area contributed by atoms with Gasteiger partial charge >= 0.3 is 0 Å². The number of anilines is 2. The molecular weight excluding hydrogens is 315 g/mol. The molecule has 0 saturated carbocycles. The second-order valence-corrected chi connectivity index (χ2v) is 6.42. The van der Waals surface area contributed by atoms with Crippen LogP contribution in [-0.4, -0.2) is 23.7 Å². The highest BCUT2D eigenvalue weighted by Gasteiger charge is 2.25. The molecule has 0 radical (unpaired) electrons. The molecule has 126 valence electrons. The molecule has 0 atom stereocenters. The van der Waals surface area contributed by atoms with Gasteiger partial charge in [0.05, 0.1) is 12.4 Å². The molecule has 1 aliphatic heterocycles. The summed E-state index contributed by atoms with van der Waals surface area (Å²) in [7, 11) is 2.04. The zero-order valence-corrected chi connectivity index (χ0v) is 14.3. The Balaban J connectivity index is 1.70. The van der Waals surface area contributed by atoms with Crippen molar-refractivity contribution in [2.24, 2.45) is 0 Å². The Morgan fingerprint density at radius 2 is 1.88 bits per heavy atom. The van der Waals surface area contributed by atoms with Gasteiger partial charge in [-0.1, -0.05) is 6.07 Å². The molecule has 25 heavy (non-hydrogen) atoms. The van der Waals surface area contributed by atoms with E-state index >= 15 is 0 Å². The van der Waals surface area contributed by atoms with Crippen molar-refractivity contribution in [3.63, 3.8) is 0 Å². The molecule has 3 aromatic rings. The second kappa shape index (κ2) is 6.16. The molecule has 0 unspecified atom stereocenters. The van der Waals surface area contributed by atoms with Crippen molar-refractivity contribution < 1.29 is 4.39 Å². The van der Waals surface area contributed by atoms with Gasteiger partial charge in [0.15, 0.2) is 5.82 Å². The summed E-state index contributed by atoms with van der Waals surface area (Å²) in [5, 5.41) is 0. The number of aromatic nitrogens is 2. The van der Waals surface area contributed by atoms with Crippen LogP contribution in [0.4, 0.5) is 15.9 Å². The highest BCUT2D eigenvalue weighted by atomic mass is 19.1. The maximum Gasteiger partial charge on any atom is 0.153 e. The van der Waals surface area contributed by atoms with Gasteiger partial charge in [0.2, 0.25) is 0 Å². The van der Waals surface area contributed by atoms with E-state index in [9.17, 15) is 4.39 Å². The fourth-order valence-corrected chi connectivity index (χ4v) is 3.20. The summed E-state index contributed by atoms with van der Waals surface area (Å²) < 4.78 is 13.6. The zero-order valence-electron chi connectivity index (χ0n) is 14.3. The summed E-state index contributed by atoms with van der Waals surface area (Å²) in [6.07, 6.45) is 5.48. The quantitative estimate of drug-likeness (QED) is 0.724. The summed E-state index contributed by atoms with van der Waals surface area (Å²) in [6, 6.07) is 11.4. The SMILES string of the molecule is Cc1cc(-c2cnc3c(c2)N(Cc2ccncc2)CN3C)ccc1F. The normalized spacial score (nSPS) is 13.2. The lowest BCUT2D eigenvalue weighted by Crippen LogP contribution is -2.27. The first-order valence-electron chi connectivity index (χ1n) is 8.23. The van der Waals surface area contributed by atoms with Gasteiger partial charge in [0.1, 0.15) is 5.82 Å². The number of aryl methyl sites for hydroxylation is 1. The van der Waals surface area contributed by atoms with E-state index in [1.54, 1.807) is 13.0 Å². The third kappa shape index (κ3) is 2.93. The van der Waals surface area contributed by atoms with E-state index < -0.39 is 0 Å². The maximum absolute atomic E-state index is 13.6. The minimum absolute atomic E-state index is 0.183. The number of pyridine rings is 2. The molecule has 0 spiro atoms. The molecule has 0 fully saturated rings. The van der Waals surface area contributed by atoms with E-state index in [0.29, 0.717) is 5.56 Å². The smallest absolute Gasteiger partial charge is 0.153 e. The number of nitrogens with zero attached hydrogens (tertiary/aromatic N) is 4. The lowest BCUT2D eigenvalue weighted by molar-refractivity contribution is 0.619. The topological polar surface area (TPSA) is 32.3 Å². The van der Waals surface area contributed by atoms with Gasteiger partial charge in [-0.2, -0.15) is 0 Å². The Kier molecular flexibility index (Phi) is 3.84. The van der Waals surface area contributed by atoms with Crippen LogP contribution in [0.5, 0.6) is 0 Å². The molecular formula is C20H19FN4. The Morgan fingerprint density at radius 3 is 2.64 bits per heavy atom. The lowest BCUT2D eigenvalue weighted by atomic mass is 10.0. The maximum atomic E-state index is 13.6. The Hall–Kier alpha value is -2.95. The fourth-order valence-electron chi connectivity index (χ4n) is 3.20. The highest BCUT2D eigenvalue weighted by molar-refractivity contribution is 5.78. The summed E-state index contributed by atoms with van der Waals surface area (Å²) in [5.41, 5.74) is 4.92. The number of benzene rings is 1. The average molecular weight is 334 g/mol. The lowest BCUT2D eigenvalue weighted by Gasteiger charge is -2.19. The van der Waals surface area contributed by atoms with Crippen LogP contribution in [0.15, 0.2) is 55.0 Å². The summed E-state index contributed by atoms with van der Waals surface area (Å²) in [5.74, 6) is 0.786. The van der Waals surface area contributed by atoms with Gasteiger partial charge in [-0.05, 0) is 53.9 Å². The molecule has 4 nitrogen and oxygen atoms in total. The van der Waals surface area contributed by atoms with Crippen LogP contribution in [0.1, 0.15) is 11.1 Å². The van der Waals surface area contributed by atoms with Crippen LogP contribution < -0.4 is 9.80 Å². The Bertz CT molecular complexity index is 911. The van der Waals surface area contributed by atoms with E-state index in [4.69, 9.17) is 0 Å². The third-order valence-electron chi connectivity index (χ3n) is 4.55. The number of hydrogen-bond acceptors (Lipinski definition) is 4. The number of fused-ring (bicyclic) bond motifs is 1. The third-order valence-corrected chi connectivity index (χ3v) is 4.55. The first-order chi connectivity index (χ1) is 12.1. The highest BCUT2D eigenvalue weighted by Crippen LogP contribution is 2.37. The molecule has 0 N–H and O–H groups in total. The van der Waals surface area contributed by atoms with Crippen LogP contribution in [-0.2, 0) is 6.54 Å². The van der Waals surface area contributed by atoms with Crippen LogP contribution in [0.25, 0.3) is 11.1 Å². The van der Waals surface area contributed by atoms with Crippen molar-refractivity contribution in [1.29, 1.82) is 0 Å². The van der Waals surface area contributed by atoms with Crippen molar-refractivity contribution in [2.75, 3.05) is 23.5 Å². The van der Waals surface area contributed by atoms with Gasteiger partial charge < -0.3 is 9.80 Å². The van der Waals surface area contributed by atoms with Crippen molar-refractivity contribution in [1.82, 2.24) is 9.97 Å². The molecule has 1 aliphatic rings. The van der Waals surface area contributed by atoms with Crippen LogP contribution in [0, 0.1) is 12.7 Å². The minimum atomic E-state index is -0.183. The molecule has 1 aromatic carbocycles. The van der Waals surface area contributed by atoms with Crippen molar-refractivity contribution in [3.8, 4) is 11.1 Å². The predicted octanol–water partition coefficient (Wildman–Crippen LogP) is 4.01. The molecule has 3 heterocycles. The number of rotatable bonds is 3. The molecule has 0 amide bonds. The first kappa shape index (κ1) is 15.6. The van der Waals surface area contributed by atoms with Gasteiger partial charge in [-0.25, -0.2) is 9.37 Å². The Labute approximate surface area is 146 Å². The molecule has 0 saturated heterocycles. The zero-order chi connectivity index (χ0) is 17.4. The number of hydrogen-bond donors (Lipinski definition) is 0. The van der Waals surface area contributed by atoms with Gasteiger partial charge in [0.25, 0.3) is 0 Å². The van der Waals surface area contributed by atoms with Crippen molar-refractivity contribution in [3.05, 3.63) is 71.9 Å². The van der Waals surface area contributed by atoms with Gasteiger partial charge in [-0.3, -0.25) is 4.98 Å². The molecule has 0 bridgehead atoms. The standard InChI is InChI=1S/C20H19FN4/c1-14-9-16(3-4-18(14)21)17-10-19-20(23-11-17)24(2)13-25(19)12-15-5-7-22-8-6-15/h3-11H,12-13H2,1-2H3. The molecule has 2 aromatic heterocycles. The van der Waals surface area contributed by atoms with Crippen LogP contribution in [0.2, 0.25) is 0 Å². The monoisotopic (exact) mass is 334 g/mol. The van der Waals surface area contributed by atoms with Crippen molar-refractivity contribution >= 4 is 11.5 Å². The first-order valence-corrected chi connectivity index (χ1v) is 8.23. The van der Waals surface area contributed by atoms with Gasteiger partial charge in [0, 0.05) is 37.7 Å². The van der Waals surface area contributed by atoms with E-state index in [2.05, 4.69) is 25.8 Å². The molecule has 4 rings (SSSR count). The number of halogens is 1. The summed E-state index contributed by atoms with van der Waals surface area (Å²) >= 11 is 0. The predicted molar refractivity (Wildman–Crippen MR) is 98.1 cm³/mol. The summed E-state index contributed by atoms with van der Waals surface area (Å²) in [4.78, 5) is 13.1.